The van der Waals surface area contributed by atoms with E-state index in [1.54, 1.807) is 7.11 Å². The van der Waals surface area contributed by atoms with Gasteiger partial charge in [-0.25, -0.2) is 4.99 Å². The van der Waals surface area contributed by atoms with Crippen LogP contribution in [0.25, 0.3) is 0 Å². The minimum absolute atomic E-state index is 0. The number of hydrogen-bond acceptors (Lipinski definition) is 4. The molecule has 0 heterocycles. The number of rotatable bonds is 12. The molecule has 6 nitrogen and oxygen atoms in total. The van der Waals surface area contributed by atoms with Crippen LogP contribution < -0.4 is 15.8 Å². The first-order chi connectivity index (χ1) is 11.3. The van der Waals surface area contributed by atoms with Crippen molar-refractivity contribution in [1.82, 2.24) is 5.32 Å². The first-order valence-corrected chi connectivity index (χ1v) is 8.08. The number of methoxy groups -OCH3 is 1. The van der Waals surface area contributed by atoms with Gasteiger partial charge in [0.05, 0.1) is 13.2 Å². The molecule has 0 aliphatic rings. The number of ether oxygens (including phenoxy) is 3. The molecule has 0 aromatic heterocycles. The van der Waals surface area contributed by atoms with Crippen molar-refractivity contribution in [3.05, 3.63) is 29.8 Å². The van der Waals surface area contributed by atoms with E-state index >= 15 is 0 Å². The van der Waals surface area contributed by atoms with Crippen LogP contribution in [0.2, 0.25) is 0 Å². The molecule has 0 radical (unpaired) electrons. The number of nitrogens with zero attached hydrogens (tertiary/aromatic N) is 1. The zero-order chi connectivity index (χ0) is 16.8. The highest BCUT2D eigenvalue weighted by Crippen LogP contribution is 2.14. The third kappa shape index (κ3) is 11.5. The Labute approximate surface area is 162 Å². The Morgan fingerprint density at radius 3 is 2.79 bits per heavy atom. The van der Waals surface area contributed by atoms with Gasteiger partial charge in [0.25, 0.3) is 0 Å². The van der Waals surface area contributed by atoms with Crippen molar-refractivity contribution in [2.45, 2.75) is 26.3 Å². The quantitative estimate of drug-likeness (QED) is 0.221. The SMILES string of the molecule is CCOCCCNC(N)=NCc1cccc(OCCCOC)c1.I. The van der Waals surface area contributed by atoms with Gasteiger partial charge in [0.1, 0.15) is 5.75 Å². The maximum Gasteiger partial charge on any atom is 0.188 e. The lowest BCUT2D eigenvalue weighted by atomic mass is 10.2. The second kappa shape index (κ2) is 15.5. The lowest BCUT2D eigenvalue weighted by molar-refractivity contribution is 0.145. The van der Waals surface area contributed by atoms with Crippen molar-refractivity contribution < 1.29 is 14.2 Å². The van der Waals surface area contributed by atoms with Crippen molar-refractivity contribution >= 4 is 29.9 Å². The zero-order valence-electron chi connectivity index (χ0n) is 14.6. The molecule has 0 saturated heterocycles. The highest BCUT2D eigenvalue weighted by molar-refractivity contribution is 14.0. The van der Waals surface area contributed by atoms with Gasteiger partial charge in [0.2, 0.25) is 0 Å². The molecule has 1 aromatic rings. The van der Waals surface area contributed by atoms with Gasteiger partial charge in [-0.2, -0.15) is 0 Å². The van der Waals surface area contributed by atoms with E-state index in [9.17, 15) is 0 Å². The maximum atomic E-state index is 5.84. The Morgan fingerprint density at radius 2 is 2.04 bits per heavy atom. The van der Waals surface area contributed by atoms with E-state index in [0.29, 0.717) is 25.7 Å². The van der Waals surface area contributed by atoms with Crippen LogP contribution in [-0.2, 0) is 16.0 Å². The summed E-state index contributed by atoms with van der Waals surface area (Å²) in [5.74, 6) is 1.30. The number of benzene rings is 1. The summed E-state index contributed by atoms with van der Waals surface area (Å²) in [5, 5.41) is 3.08. The number of halogens is 1. The fraction of sp³-hybridized carbons (Fsp3) is 0.588. The number of aliphatic imine (C=N–C) groups is 1. The molecular formula is C17H30IN3O3. The number of guanidine groups is 1. The largest absolute Gasteiger partial charge is 0.493 e. The highest BCUT2D eigenvalue weighted by atomic mass is 127. The third-order valence-corrected chi connectivity index (χ3v) is 3.07. The summed E-state index contributed by atoms with van der Waals surface area (Å²) in [5.41, 5.74) is 6.90. The van der Waals surface area contributed by atoms with Crippen LogP contribution in [0.15, 0.2) is 29.3 Å². The van der Waals surface area contributed by atoms with Gasteiger partial charge >= 0.3 is 0 Å². The molecule has 0 aliphatic carbocycles. The van der Waals surface area contributed by atoms with Crippen LogP contribution in [0.5, 0.6) is 5.75 Å². The monoisotopic (exact) mass is 451 g/mol. The molecule has 0 saturated carbocycles. The van der Waals surface area contributed by atoms with E-state index in [1.807, 2.05) is 31.2 Å². The van der Waals surface area contributed by atoms with Crippen LogP contribution in [0.3, 0.4) is 0 Å². The average Bonchev–Trinajstić information content (AvgIpc) is 2.57. The molecule has 0 aliphatic heterocycles. The number of nitrogens with two attached hydrogens (primary N) is 1. The van der Waals surface area contributed by atoms with Gasteiger partial charge in [-0.15, -0.1) is 24.0 Å². The average molecular weight is 451 g/mol. The molecule has 0 atom stereocenters. The molecule has 138 valence electrons. The second-order valence-electron chi connectivity index (χ2n) is 5.02. The van der Waals surface area contributed by atoms with Crippen molar-refractivity contribution in [2.24, 2.45) is 10.7 Å². The molecule has 3 N–H and O–H groups in total. The Bertz CT molecular complexity index is 458. The molecule has 1 aromatic carbocycles. The van der Waals surface area contributed by atoms with Gasteiger partial charge in [-0.05, 0) is 31.0 Å². The summed E-state index contributed by atoms with van der Waals surface area (Å²) in [6.07, 6.45) is 1.78. The van der Waals surface area contributed by atoms with E-state index in [2.05, 4.69) is 10.3 Å². The lowest BCUT2D eigenvalue weighted by Crippen LogP contribution is -2.32. The standard InChI is InChI=1S/C17H29N3O3.HI/c1-3-22-11-5-9-19-17(18)20-14-15-7-4-8-16(13-15)23-12-6-10-21-2;/h4,7-8,13H,3,5-6,9-12,14H2,1-2H3,(H3,18,19,20);1H. The molecule has 1 rings (SSSR count). The first-order valence-electron chi connectivity index (χ1n) is 8.08. The van der Waals surface area contributed by atoms with Gasteiger partial charge in [0.15, 0.2) is 5.96 Å². The van der Waals surface area contributed by atoms with Gasteiger partial charge < -0.3 is 25.3 Å². The van der Waals surface area contributed by atoms with E-state index in [4.69, 9.17) is 19.9 Å². The topological polar surface area (TPSA) is 78.1 Å². The van der Waals surface area contributed by atoms with E-state index in [-0.39, 0.29) is 24.0 Å². The fourth-order valence-electron chi connectivity index (χ4n) is 1.89. The van der Waals surface area contributed by atoms with Gasteiger partial charge in [0, 0.05) is 39.9 Å². The molecule has 7 heteroatoms. The highest BCUT2D eigenvalue weighted by Gasteiger charge is 1.98. The Balaban J connectivity index is 0.00000529. The van der Waals surface area contributed by atoms with Gasteiger partial charge in [-0.1, -0.05) is 12.1 Å². The van der Waals surface area contributed by atoms with E-state index < -0.39 is 0 Å². The van der Waals surface area contributed by atoms with Crippen LogP contribution in [0.4, 0.5) is 0 Å². The predicted molar refractivity (Wildman–Crippen MR) is 108 cm³/mol. The first kappa shape index (κ1) is 22.9. The van der Waals surface area contributed by atoms with Gasteiger partial charge in [-0.3, -0.25) is 0 Å². The molecule has 0 bridgehead atoms. The fourth-order valence-corrected chi connectivity index (χ4v) is 1.89. The van der Waals surface area contributed by atoms with Crippen LogP contribution in [0.1, 0.15) is 25.3 Å². The summed E-state index contributed by atoms with van der Waals surface area (Å²) < 4.78 is 15.9. The molecule has 0 fully saturated rings. The maximum absolute atomic E-state index is 5.84. The minimum Gasteiger partial charge on any atom is -0.493 e. The van der Waals surface area contributed by atoms with Crippen LogP contribution >= 0.6 is 24.0 Å². The molecule has 0 amide bonds. The van der Waals surface area contributed by atoms with Crippen molar-refractivity contribution in [2.75, 3.05) is 40.1 Å². The predicted octanol–water partition coefficient (Wildman–Crippen LogP) is 2.55. The molecular weight excluding hydrogens is 421 g/mol. The summed E-state index contributed by atoms with van der Waals surface area (Å²) in [4.78, 5) is 4.33. The number of hydrogen-bond donors (Lipinski definition) is 2. The summed E-state index contributed by atoms with van der Waals surface area (Å²) in [6.45, 7) is 6.10. The lowest BCUT2D eigenvalue weighted by Gasteiger charge is -2.08. The third-order valence-electron chi connectivity index (χ3n) is 3.07. The molecule has 0 spiro atoms. The van der Waals surface area contributed by atoms with Crippen molar-refractivity contribution in [3.8, 4) is 5.75 Å². The zero-order valence-corrected chi connectivity index (χ0v) is 17.0. The smallest absolute Gasteiger partial charge is 0.188 e. The van der Waals surface area contributed by atoms with E-state index in [1.165, 1.54) is 0 Å². The van der Waals surface area contributed by atoms with Crippen molar-refractivity contribution in [1.29, 1.82) is 0 Å². The summed E-state index contributed by atoms with van der Waals surface area (Å²) >= 11 is 0. The Morgan fingerprint density at radius 1 is 1.21 bits per heavy atom. The van der Waals surface area contributed by atoms with E-state index in [0.717, 1.165) is 43.9 Å². The Kier molecular flexibility index (Phi) is 14.8. The second-order valence-corrected chi connectivity index (χ2v) is 5.02. The number of nitrogens with one attached hydrogen (secondary N) is 1. The molecule has 0 unspecified atom stereocenters. The van der Waals surface area contributed by atoms with Crippen molar-refractivity contribution in [3.63, 3.8) is 0 Å². The summed E-state index contributed by atoms with van der Waals surface area (Å²) in [7, 11) is 1.69. The van der Waals surface area contributed by atoms with Crippen LogP contribution in [-0.4, -0.2) is 46.0 Å². The Hall–Kier alpha value is -1.06. The minimum atomic E-state index is 0. The summed E-state index contributed by atoms with van der Waals surface area (Å²) in [6, 6.07) is 7.89. The normalized spacial score (nSPS) is 11.0. The van der Waals surface area contributed by atoms with Crippen LogP contribution in [0, 0.1) is 0 Å². The molecule has 24 heavy (non-hydrogen) atoms.